The number of benzene rings is 2. The average Bonchev–Trinajstić information content (AvgIpc) is 2.61. The third kappa shape index (κ3) is 6.46. The van der Waals surface area contributed by atoms with Gasteiger partial charge in [-0.15, -0.1) is 11.8 Å². The molecule has 0 bridgehead atoms. The third-order valence-corrected chi connectivity index (χ3v) is 4.37. The molecule has 0 saturated carbocycles. The van der Waals surface area contributed by atoms with Crippen molar-refractivity contribution in [2.24, 2.45) is 0 Å². The lowest BCUT2D eigenvalue weighted by Crippen LogP contribution is -2.31. The van der Waals surface area contributed by atoms with Crippen LogP contribution in [0.2, 0.25) is 0 Å². The zero-order valence-corrected chi connectivity index (χ0v) is 14.4. The fraction of sp³-hybridized carbons (Fsp3) is 0.263. The van der Waals surface area contributed by atoms with Crippen molar-refractivity contribution in [1.82, 2.24) is 5.32 Å². The number of carbonyl (C=O) groups is 2. The van der Waals surface area contributed by atoms with Crippen LogP contribution in [0.15, 0.2) is 65.6 Å². The summed E-state index contributed by atoms with van der Waals surface area (Å²) in [5.41, 5.74) is 1.01. The van der Waals surface area contributed by atoms with Crippen LogP contribution in [0.1, 0.15) is 24.9 Å². The Morgan fingerprint density at radius 2 is 1.67 bits per heavy atom. The van der Waals surface area contributed by atoms with Gasteiger partial charge in [0.1, 0.15) is 0 Å². The number of hydrogen-bond acceptors (Lipinski definition) is 4. The summed E-state index contributed by atoms with van der Waals surface area (Å²) < 4.78 is 5.01. The SMILES string of the molecule is CC(NC(=O)COC(=O)CCSc1ccccc1)c1ccccc1. The Morgan fingerprint density at radius 1 is 1.04 bits per heavy atom. The molecule has 0 spiro atoms. The highest BCUT2D eigenvalue weighted by Crippen LogP contribution is 2.17. The minimum absolute atomic E-state index is 0.119. The molecule has 126 valence electrons. The summed E-state index contributed by atoms with van der Waals surface area (Å²) in [6.45, 7) is 1.65. The monoisotopic (exact) mass is 343 g/mol. The Hall–Kier alpha value is -2.27. The fourth-order valence-electron chi connectivity index (χ4n) is 2.10. The first-order valence-corrected chi connectivity index (χ1v) is 8.81. The van der Waals surface area contributed by atoms with Crippen molar-refractivity contribution < 1.29 is 14.3 Å². The van der Waals surface area contributed by atoms with Crippen LogP contribution in [0.4, 0.5) is 0 Å². The van der Waals surface area contributed by atoms with Gasteiger partial charge in [-0.2, -0.15) is 0 Å². The largest absolute Gasteiger partial charge is 0.456 e. The van der Waals surface area contributed by atoms with Gasteiger partial charge in [0.25, 0.3) is 5.91 Å². The van der Waals surface area contributed by atoms with Crippen molar-refractivity contribution in [2.75, 3.05) is 12.4 Å². The smallest absolute Gasteiger partial charge is 0.307 e. The lowest BCUT2D eigenvalue weighted by atomic mass is 10.1. The standard InChI is InChI=1S/C19H21NO3S/c1-15(16-8-4-2-5-9-16)20-18(21)14-23-19(22)12-13-24-17-10-6-3-7-11-17/h2-11,15H,12-14H2,1H3,(H,20,21). The maximum Gasteiger partial charge on any atom is 0.307 e. The second kappa shape index (κ2) is 9.78. The Balaban J connectivity index is 1.63. The topological polar surface area (TPSA) is 55.4 Å². The maximum absolute atomic E-state index is 11.8. The molecule has 0 radical (unpaired) electrons. The maximum atomic E-state index is 11.8. The van der Waals surface area contributed by atoms with Crippen molar-refractivity contribution in [1.29, 1.82) is 0 Å². The molecule has 0 aromatic heterocycles. The van der Waals surface area contributed by atoms with Gasteiger partial charge in [-0.05, 0) is 24.6 Å². The number of esters is 1. The van der Waals surface area contributed by atoms with E-state index < -0.39 is 0 Å². The molecule has 24 heavy (non-hydrogen) atoms. The van der Waals surface area contributed by atoms with Crippen LogP contribution in [-0.2, 0) is 14.3 Å². The van der Waals surface area contributed by atoms with E-state index in [2.05, 4.69) is 5.32 Å². The van der Waals surface area contributed by atoms with Gasteiger partial charge in [-0.25, -0.2) is 0 Å². The minimum Gasteiger partial charge on any atom is -0.456 e. The van der Waals surface area contributed by atoms with Crippen LogP contribution in [0.3, 0.4) is 0 Å². The van der Waals surface area contributed by atoms with E-state index in [1.54, 1.807) is 11.8 Å². The van der Waals surface area contributed by atoms with E-state index in [-0.39, 0.29) is 30.9 Å². The highest BCUT2D eigenvalue weighted by atomic mass is 32.2. The Labute approximate surface area is 146 Å². The minimum atomic E-state index is -0.360. The first-order valence-electron chi connectivity index (χ1n) is 7.83. The zero-order valence-electron chi connectivity index (χ0n) is 13.6. The van der Waals surface area contributed by atoms with E-state index in [4.69, 9.17) is 4.74 Å². The normalized spacial score (nSPS) is 11.5. The summed E-state index contributed by atoms with van der Waals surface area (Å²) in [6.07, 6.45) is 0.279. The number of rotatable bonds is 8. The van der Waals surface area contributed by atoms with Gasteiger partial charge in [-0.3, -0.25) is 9.59 Å². The predicted octanol–water partition coefficient (Wildman–Crippen LogP) is 3.59. The van der Waals surface area contributed by atoms with E-state index in [0.717, 1.165) is 10.5 Å². The Morgan fingerprint density at radius 3 is 2.33 bits per heavy atom. The number of nitrogens with one attached hydrogen (secondary N) is 1. The zero-order chi connectivity index (χ0) is 17.2. The van der Waals surface area contributed by atoms with Crippen molar-refractivity contribution in [3.8, 4) is 0 Å². The lowest BCUT2D eigenvalue weighted by Gasteiger charge is -2.14. The quantitative estimate of drug-likeness (QED) is 0.588. The molecule has 1 N–H and O–H groups in total. The number of thioether (sulfide) groups is 1. The van der Waals surface area contributed by atoms with Crippen LogP contribution >= 0.6 is 11.8 Å². The van der Waals surface area contributed by atoms with Crippen molar-refractivity contribution >= 4 is 23.6 Å². The van der Waals surface area contributed by atoms with Crippen molar-refractivity contribution in [3.63, 3.8) is 0 Å². The van der Waals surface area contributed by atoms with Gasteiger partial charge in [-0.1, -0.05) is 48.5 Å². The average molecular weight is 343 g/mol. The van der Waals surface area contributed by atoms with Gasteiger partial charge >= 0.3 is 5.97 Å². The molecule has 0 saturated heterocycles. The fourth-order valence-corrected chi connectivity index (χ4v) is 2.95. The predicted molar refractivity (Wildman–Crippen MR) is 95.7 cm³/mol. The molecule has 5 heteroatoms. The number of ether oxygens (including phenoxy) is 1. The number of carbonyl (C=O) groups excluding carboxylic acids is 2. The Kier molecular flexibility index (Phi) is 7.36. The van der Waals surface area contributed by atoms with Gasteiger partial charge in [0, 0.05) is 10.6 Å². The van der Waals surface area contributed by atoms with Crippen LogP contribution in [0, 0.1) is 0 Å². The molecule has 0 aliphatic rings. The molecule has 0 heterocycles. The molecule has 4 nitrogen and oxygen atoms in total. The molecule has 0 aliphatic heterocycles. The van der Waals surface area contributed by atoms with E-state index >= 15 is 0 Å². The first kappa shape index (κ1) is 18.1. The first-order chi connectivity index (χ1) is 11.6. The van der Waals surface area contributed by atoms with Gasteiger partial charge < -0.3 is 10.1 Å². The summed E-state index contributed by atoms with van der Waals surface area (Å²) in [4.78, 5) is 24.6. The third-order valence-electron chi connectivity index (χ3n) is 3.36. The summed E-state index contributed by atoms with van der Waals surface area (Å²) >= 11 is 1.59. The molecule has 1 atom stereocenters. The summed E-state index contributed by atoms with van der Waals surface area (Å²) in [7, 11) is 0. The van der Waals surface area contributed by atoms with Gasteiger partial charge in [0.15, 0.2) is 6.61 Å². The molecule has 0 fully saturated rings. The molecule has 2 rings (SSSR count). The highest BCUT2D eigenvalue weighted by Gasteiger charge is 2.11. The summed E-state index contributed by atoms with van der Waals surface area (Å²) in [5, 5.41) is 2.81. The van der Waals surface area contributed by atoms with Gasteiger partial charge in [0.05, 0.1) is 12.5 Å². The van der Waals surface area contributed by atoms with Crippen LogP contribution in [0.25, 0.3) is 0 Å². The molecule has 2 aromatic carbocycles. The molecular formula is C19H21NO3S. The Bertz CT molecular complexity index is 646. The number of hydrogen-bond donors (Lipinski definition) is 1. The van der Waals surface area contributed by atoms with Crippen molar-refractivity contribution in [3.05, 3.63) is 66.2 Å². The molecule has 2 aromatic rings. The molecular weight excluding hydrogens is 322 g/mol. The van der Waals surface area contributed by atoms with Crippen molar-refractivity contribution in [2.45, 2.75) is 24.3 Å². The van der Waals surface area contributed by atoms with E-state index in [9.17, 15) is 9.59 Å². The second-order valence-electron chi connectivity index (χ2n) is 5.27. The number of amides is 1. The van der Waals surface area contributed by atoms with E-state index in [1.165, 1.54) is 0 Å². The summed E-state index contributed by atoms with van der Waals surface area (Å²) in [6, 6.07) is 19.4. The molecule has 0 aliphatic carbocycles. The van der Waals surface area contributed by atoms with Crippen LogP contribution < -0.4 is 5.32 Å². The lowest BCUT2D eigenvalue weighted by molar-refractivity contribution is -0.148. The summed E-state index contributed by atoms with van der Waals surface area (Å²) in [5.74, 6) is -0.0263. The van der Waals surface area contributed by atoms with Crippen LogP contribution in [0.5, 0.6) is 0 Å². The van der Waals surface area contributed by atoms with E-state index in [1.807, 2.05) is 67.6 Å². The second-order valence-corrected chi connectivity index (χ2v) is 6.44. The van der Waals surface area contributed by atoms with Gasteiger partial charge in [0.2, 0.25) is 0 Å². The highest BCUT2D eigenvalue weighted by molar-refractivity contribution is 7.99. The molecule has 1 amide bonds. The van der Waals surface area contributed by atoms with Crippen LogP contribution in [-0.4, -0.2) is 24.2 Å². The van der Waals surface area contributed by atoms with E-state index in [0.29, 0.717) is 5.75 Å². The molecule has 1 unspecified atom stereocenters.